The summed E-state index contributed by atoms with van der Waals surface area (Å²) in [7, 11) is 0. The highest BCUT2D eigenvalue weighted by molar-refractivity contribution is 5.74. The average molecular weight is 319 g/mol. The van der Waals surface area contributed by atoms with Gasteiger partial charge in [-0.25, -0.2) is 4.79 Å². The molecule has 128 valence electrons. The predicted octanol–water partition coefficient (Wildman–Crippen LogP) is 3.44. The molecule has 0 aromatic carbocycles. The minimum atomic E-state index is -0.0366. The molecule has 2 fully saturated rings. The van der Waals surface area contributed by atoms with Crippen LogP contribution in [0.15, 0.2) is 22.8 Å². The number of urea groups is 1. The Morgan fingerprint density at radius 1 is 1.17 bits per heavy atom. The fourth-order valence-electron chi connectivity index (χ4n) is 3.79. The molecule has 1 saturated carbocycles. The van der Waals surface area contributed by atoms with E-state index in [0.717, 1.165) is 31.7 Å². The zero-order chi connectivity index (χ0) is 15.9. The topological polar surface area (TPSA) is 57.5 Å². The van der Waals surface area contributed by atoms with E-state index in [0.29, 0.717) is 12.6 Å². The highest BCUT2D eigenvalue weighted by Gasteiger charge is 2.25. The SMILES string of the molecule is O=C(NCC(c1ccco1)N1CCCCC1)NC1CCCCC1. The summed E-state index contributed by atoms with van der Waals surface area (Å²) in [5, 5.41) is 6.19. The van der Waals surface area contributed by atoms with Crippen LogP contribution >= 0.6 is 0 Å². The van der Waals surface area contributed by atoms with Crippen molar-refractivity contribution >= 4 is 6.03 Å². The first-order valence-electron chi connectivity index (χ1n) is 9.15. The summed E-state index contributed by atoms with van der Waals surface area (Å²) in [6, 6.07) is 4.39. The number of carbonyl (C=O) groups excluding carboxylic acids is 1. The molecule has 2 heterocycles. The van der Waals surface area contributed by atoms with Crippen molar-refractivity contribution in [2.24, 2.45) is 0 Å². The van der Waals surface area contributed by atoms with Crippen molar-refractivity contribution < 1.29 is 9.21 Å². The Hall–Kier alpha value is -1.49. The van der Waals surface area contributed by atoms with E-state index in [9.17, 15) is 4.79 Å². The van der Waals surface area contributed by atoms with Gasteiger partial charge >= 0.3 is 6.03 Å². The van der Waals surface area contributed by atoms with Gasteiger partial charge in [-0.05, 0) is 50.9 Å². The number of carbonyl (C=O) groups is 1. The molecule has 5 heteroatoms. The molecule has 1 atom stereocenters. The van der Waals surface area contributed by atoms with E-state index >= 15 is 0 Å². The molecule has 3 rings (SSSR count). The third-order valence-corrected chi connectivity index (χ3v) is 5.10. The van der Waals surface area contributed by atoms with Gasteiger partial charge < -0.3 is 15.1 Å². The number of hydrogen-bond acceptors (Lipinski definition) is 3. The van der Waals surface area contributed by atoms with Gasteiger partial charge in [0.2, 0.25) is 0 Å². The van der Waals surface area contributed by atoms with E-state index in [2.05, 4.69) is 15.5 Å². The second-order valence-corrected chi connectivity index (χ2v) is 6.82. The smallest absolute Gasteiger partial charge is 0.315 e. The van der Waals surface area contributed by atoms with Gasteiger partial charge in [-0.3, -0.25) is 4.90 Å². The standard InChI is InChI=1S/C18H29N3O2/c22-18(20-15-8-3-1-4-9-15)19-14-16(17-10-7-13-23-17)21-11-5-2-6-12-21/h7,10,13,15-16H,1-6,8-9,11-12,14H2,(H2,19,20,22). The van der Waals surface area contributed by atoms with Gasteiger partial charge in [0.25, 0.3) is 0 Å². The summed E-state index contributed by atoms with van der Waals surface area (Å²) in [6.07, 6.45) is 11.5. The number of nitrogens with zero attached hydrogens (tertiary/aromatic N) is 1. The van der Waals surface area contributed by atoms with Crippen molar-refractivity contribution in [1.29, 1.82) is 0 Å². The molecule has 1 aromatic heterocycles. The Balaban J connectivity index is 1.52. The van der Waals surface area contributed by atoms with Gasteiger partial charge in [0.05, 0.1) is 12.3 Å². The van der Waals surface area contributed by atoms with Gasteiger partial charge in [-0.15, -0.1) is 0 Å². The summed E-state index contributed by atoms with van der Waals surface area (Å²) in [6.45, 7) is 2.76. The number of rotatable bonds is 5. The first-order chi connectivity index (χ1) is 11.3. The van der Waals surface area contributed by atoms with E-state index in [1.165, 1.54) is 38.5 Å². The summed E-state index contributed by atoms with van der Waals surface area (Å²) in [5.41, 5.74) is 0. The van der Waals surface area contributed by atoms with Crippen LogP contribution in [0, 0.1) is 0 Å². The van der Waals surface area contributed by atoms with Crippen molar-refractivity contribution in [3.8, 4) is 0 Å². The van der Waals surface area contributed by atoms with Crippen LogP contribution in [0.2, 0.25) is 0 Å². The quantitative estimate of drug-likeness (QED) is 0.874. The molecule has 0 radical (unpaired) electrons. The fraction of sp³-hybridized carbons (Fsp3) is 0.722. The largest absolute Gasteiger partial charge is 0.468 e. The van der Waals surface area contributed by atoms with Crippen LogP contribution in [-0.2, 0) is 0 Å². The van der Waals surface area contributed by atoms with Crippen LogP contribution in [-0.4, -0.2) is 36.6 Å². The van der Waals surface area contributed by atoms with Crippen LogP contribution in [0.3, 0.4) is 0 Å². The number of piperidine rings is 1. The molecule has 1 aromatic rings. The van der Waals surface area contributed by atoms with E-state index in [-0.39, 0.29) is 12.1 Å². The maximum atomic E-state index is 12.2. The number of furan rings is 1. The highest BCUT2D eigenvalue weighted by Crippen LogP contribution is 2.24. The zero-order valence-corrected chi connectivity index (χ0v) is 13.9. The molecule has 2 N–H and O–H groups in total. The first kappa shape index (κ1) is 16.4. The van der Waals surface area contributed by atoms with Crippen molar-refractivity contribution in [2.45, 2.75) is 63.5 Å². The van der Waals surface area contributed by atoms with Gasteiger partial charge in [0, 0.05) is 12.6 Å². The van der Waals surface area contributed by atoms with Crippen molar-refractivity contribution in [3.63, 3.8) is 0 Å². The molecule has 5 nitrogen and oxygen atoms in total. The fourth-order valence-corrected chi connectivity index (χ4v) is 3.79. The lowest BCUT2D eigenvalue weighted by molar-refractivity contribution is 0.143. The number of amides is 2. The molecular weight excluding hydrogens is 290 g/mol. The normalized spacial score (nSPS) is 21.7. The second kappa shape index (κ2) is 8.39. The van der Waals surface area contributed by atoms with E-state index in [4.69, 9.17) is 4.42 Å². The Kier molecular flexibility index (Phi) is 5.97. The molecular formula is C18H29N3O2. The molecule has 1 aliphatic carbocycles. The predicted molar refractivity (Wildman–Crippen MR) is 90.3 cm³/mol. The number of hydrogen-bond donors (Lipinski definition) is 2. The highest BCUT2D eigenvalue weighted by atomic mass is 16.3. The number of nitrogens with one attached hydrogen (secondary N) is 2. The Morgan fingerprint density at radius 2 is 1.91 bits per heavy atom. The molecule has 2 aliphatic rings. The van der Waals surface area contributed by atoms with Gasteiger partial charge in [0.15, 0.2) is 0 Å². The molecule has 1 saturated heterocycles. The molecule has 23 heavy (non-hydrogen) atoms. The van der Waals surface area contributed by atoms with Crippen LogP contribution in [0.25, 0.3) is 0 Å². The summed E-state index contributed by atoms with van der Waals surface area (Å²) >= 11 is 0. The Bertz CT molecular complexity index is 463. The maximum absolute atomic E-state index is 12.2. The third-order valence-electron chi connectivity index (χ3n) is 5.10. The van der Waals surface area contributed by atoms with Gasteiger partial charge in [-0.2, -0.15) is 0 Å². The van der Waals surface area contributed by atoms with E-state index in [1.54, 1.807) is 6.26 Å². The van der Waals surface area contributed by atoms with Crippen LogP contribution in [0.4, 0.5) is 4.79 Å². The summed E-state index contributed by atoms with van der Waals surface area (Å²) in [4.78, 5) is 14.6. The van der Waals surface area contributed by atoms with Crippen LogP contribution < -0.4 is 10.6 Å². The molecule has 0 bridgehead atoms. The maximum Gasteiger partial charge on any atom is 0.315 e. The molecule has 1 unspecified atom stereocenters. The Morgan fingerprint density at radius 3 is 2.61 bits per heavy atom. The Labute approximate surface area is 138 Å². The minimum Gasteiger partial charge on any atom is -0.468 e. The molecule has 2 amide bonds. The van der Waals surface area contributed by atoms with Crippen molar-refractivity contribution in [1.82, 2.24) is 15.5 Å². The van der Waals surface area contributed by atoms with Crippen LogP contribution in [0.1, 0.15) is 63.2 Å². The second-order valence-electron chi connectivity index (χ2n) is 6.82. The number of likely N-dealkylation sites (tertiary alicyclic amines) is 1. The molecule has 0 spiro atoms. The first-order valence-corrected chi connectivity index (χ1v) is 9.15. The average Bonchev–Trinajstić information content (AvgIpc) is 3.11. The van der Waals surface area contributed by atoms with Crippen LogP contribution in [0.5, 0.6) is 0 Å². The van der Waals surface area contributed by atoms with Gasteiger partial charge in [0.1, 0.15) is 5.76 Å². The van der Waals surface area contributed by atoms with E-state index in [1.807, 2.05) is 12.1 Å². The zero-order valence-electron chi connectivity index (χ0n) is 13.9. The summed E-state index contributed by atoms with van der Waals surface area (Å²) in [5.74, 6) is 0.949. The monoisotopic (exact) mass is 319 g/mol. The lowest BCUT2D eigenvalue weighted by Crippen LogP contribution is -2.46. The van der Waals surface area contributed by atoms with Crippen molar-refractivity contribution in [2.75, 3.05) is 19.6 Å². The molecule has 1 aliphatic heterocycles. The summed E-state index contributed by atoms with van der Waals surface area (Å²) < 4.78 is 5.62. The lowest BCUT2D eigenvalue weighted by Gasteiger charge is -2.33. The third kappa shape index (κ3) is 4.74. The lowest BCUT2D eigenvalue weighted by atomic mass is 9.96. The minimum absolute atomic E-state index is 0.0366. The van der Waals surface area contributed by atoms with Gasteiger partial charge in [-0.1, -0.05) is 25.7 Å². The van der Waals surface area contributed by atoms with Crippen molar-refractivity contribution in [3.05, 3.63) is 24.2 Å². The van der Waals surface area contributed by atoms with E-state index < -0.39 is 0 Å².